The Morgan fingerprint density at radius 3 is 2.62 bits per heavy atom. The van der Waals surface area contributed by atoms with Crippen LogP contribution in [0.25, 0.3) is 0 Å². The van der Waals surface area contributed by atoms with Crippen molar-refractivity contribution in [3.8, 4) is 0 Å². The van der Waals surface area contributed by atoms with Crippen molar-refractivity contribution in [3.63, 3.8) is 0 Å². The standard InChI is InChI=1S/C17H16BrCl2N/c18-16-6-5-11(19)9-14(16)12-7-8-21-10-15(12)13-3-1-2-4-17(13)20/h1-6,9,12,15,21H,7-8,10H2. The third-order valence-corrected chi connectivity index (χ3v) is 5.45. The van der Waals surface area contributed by atoms with Gasteiger partial charge in [-0.25, -0.2) is 0 Å². The van der Waals surface area contributed by atoms with Crippen molar-refractivity contribution >= 4 is 39.1 Å². The molecule has 1 N–H and O–H groups in total. The molecule has 0 aromatic heterocycles. The Labute approximate surface area is 143 Å². The van der Waals surface area contributed by atoms with Crippen LogP contribution in [0.4, 0.5) is 0 Å². The summed E-state index contributed by atoms with van der Waals surface area (Å²) < 4.78 is 1.12. The summed E-state index contributed by atoms with van der Waals surface area (Å²) >= 11 is 16.3. The molecule has 3 rings (SSSR count). The Bertz CT molecular complexity index is 644. The molecule has 0 bridgehead atoms. The van der Waals surface area contributed by atoms with Crippen molar-refractivity contribution in [2.75, 3.05) is 13.1 Å². The summed E-state index contributed by atoms with van der Waals surface area (Å²) in [6.45, 7) is 1.96. The van der Waals surface area contributed by atoms with E-state index in [4.69, 9.17) is 23.2 Å². The maximum absolute atomic E-state index is 6.42. The minimum Gasteiger partial charge on any atom is -0.316 e. The van der Waals surface area contributed by atoms with Crippen molar-refractivity contribution in [2.45, 2.75) is 18.3 Å². The predicted octanol–water partition coefficient (Wildman–Crippen LogP) is 5.62. The van der Waals surface area contributed by atoms with Crippen LogP contribution in [0.15, 0.2) is 46.9 Å². The van der Waals surface area contributed by atoms with E-state index in [2.05, 4.69) is 39.4 Å². The topological polar surface area (TPSA) is 12.0 Å². The van der Waals surface area contributed by atoms with E-state index in [1.54, 1.807) is 0 Å². The van der Waals surface area contributed by atoms with Crippen molar-refractivity contribution < 1.29 is 0 Å². The largest absolute Gasteiger partial charge is 0.316 e. The zero-order valence-electron chi connectivity index (χ0n) is 11.5. The van der Waals surface area contributed by atoms with Crippen LogP contribution < -0.4 is 5.32 Å². The third kappa shape index (κ3) is 3.29. The first-order valence-electron chi connectivity index (χ1n) is 7.07. The van der Waals surface area contributed by atoms with Crippen LogP contribution in [0.3, 0.4) is 0 Å². The average molecular weight is 385 g/mol. The van der Waals surface area contributed by atoms with Gasteiger partial charge in [0.1, 0.15) is 0 Å². The first kappa shape index (κ1) is 15.4. The molecule has 0 aliphatic carbocycles. The average Bonchev–Trinajstić information content (AvgIpc) is 2.50. The van der Waals surface area contributed by atoms with E-state index in [0.717, 1.165) is 34.0 Å². The van der Waals surface area contributed by atoms with Crippen LogP contribution in [0.2, 0.25) is 10.0 Å². The van der Waals surface area contributed by atoms with Crippen molar-refractivity contribution in [1.82, 2.24) is 5.32 Å². The maximum atomic E-state index is 6.42. The van der Waals surface area contributed by atoms with Gasteiger partial charge in [0.05, 0.1) is 0 Å². The number of rotatable bonds is 2. The second-order valence-corrected chi connectivity index (χ2v) is 7.09. The fourth-order valence-electron chi connectivity index (χ4n) is 3.13. The van der Waals surface area contributed by atoms with E-state index >= 15 is 0 Å². The minimum atomic E-state index is 0.363. The van der Waals surface area contributed by atoms with Gasteiger partial charge in [0, 0.05) is 27.0 Å². The van der Waals surface area contributed by atoms with Gasteiger partial charge in [0.25, 0.3) is 0 Å². The van der Waals surface area contributed by atoms with E-state index in [1.807, 2.05) is 24.3 Å². The first-order chi connectivity index (χ1) is 10.2. The molecule has 1 aliphatic heterocycles. The van der Waals surface area contributed by atoms with Gasteiger partial charge >= 0.3 is 0 Å². The Morgan fingerprint density at radius 1 is 1.00 bits per heavy atom. The fraction of sp³-hybridized carbons (Fsp3) is 0.294. The summed E-state index contributed by atoms with van der Waals surface area (Å²) in [5, 5.41) is 5.11. The van der Waals surface area contributed by atoms with Gasteiger partial charge in [-0.3, -0.25) is 0 Å². The molecule has 2 atom stereocenters. The molecule has 1 saturated heterocycles. The normalized spacial score (nSPS) is 22.2. The fourth-order valence-corrected chi connectivity index (χ4v) is 4.13. The number of benzene rings is 2. The molecule has 1 nitrogen and oxygen atoms in total. The lowest BCUT2D eigenvalue weighted by Crippen LogP contribution is -2.34. The van der Waals surface area contributed by atoms with Crippen LogP contribution in [0, 0.1) is 0 Å². The van der Waals surface area contributed by atoms with Gasteiger partial charge in [0.2, 0.25) is 0 Å². The van der Waals surface area contributed by atoms with Crippen LogP contribution >= 0.6 is 39.1 Å². The molecule has 2 unspecified atom stereocenters. The number of halogens is 3. The summed E-state index contributed by atoms with van der Waals surface area (Å²) in [6.07, 6.45) is 1.08. The molecule has 1 fully saturated rings. The highest BCUT2D eigenvalue weighted by atomic mass is 79.9. The van der Waals surface area contributed by atoms with Crippen molar-refractivity contribution in [2.24, 2.45) is 0 Å². The zero-order chi connectivity index (χ0) is 14.8. The van der Waals surface area contributed by atoms with Gasteiger partial charge < -0.3 is 5.32 Å². The highest BCUT2D eigenvalue weighted by Crippen LogP contribution is 2.42. The van der Waals surface area contributed by atoms with Gasteiger partial charge in [-0.1, -0.05) is 57.3 Å². The Kier molecular flexibility index (Phi) is 4.90. The summed E-state index contributed by atoms with van der Waals surface area (Å²) in [4.78, 5) is 0. The van der Waals surface area contributed by atoms with E-state index in [-0.39, 0.29) is 0 Å². The van der Waals surface area contributed by atoms with Crippen molar-refractivity contribution in [3.05, 3.63) is 68.1 Å². The summed E-state index contributed by atoms with van der Waals surface area (Å²) in [7, 11) is 0. The van der Waals surface area contributed by atoms with Crippen LogP contribution in [-0.2, 0) is 0 Å². The highest BCUT2D eigenvalue weighted by Gasteiger charge is 2.30. The first-order valence-corrected chi connectivity index (χ1v) is 8.62. The molecule has 0 spiro atoms. The van der Waals surface area contributed by atoms with Crippen LogP contribution in [-0.4, -0.2) is 13.1 Å². The van der Waals surface area contributed by atoms with E-state index in [0.29, 0.717) is 11.8 Å². The number of piperidine rings is 1. The van der Waals surface area contributed by atoms with Gasteiger partial charge in [-0.15, -0.1) is 0 Å². The van der Waals surface area contributed by atoms with E-state index in [9.17, 15) is 0 Å². The summed E-state index contributed by atoms with van der Waals surface area (Å²) in [5.41, 5.74) is 2.48. The lowest BCUT2D eigenvalue weighted by atomic mass is 9.77. The number of hydrogen-bond acceptors (Lipinski definition) is 1. The number of nitrogens with one attached hydrogen (secondary N) is 1. The molecular weight excluding hydrogens is 369 g/mol. The monoisotopic (exact) mass is 383 g/mol. The maximum Gasteiger partial charge on any atom is 0.0441 e. The second-order valence-electron chi connectivity index (χ2n) is 5.39. The Morgan fingerprint density at radius 2 is 1.81 bits per heavy atom. The molecule has 21 heavy (non-hydrogen) atoms. The molecule has 0 amide bonds. The highest BCUT2D eigenvalue weighted by molar-refractivity contribution is 9.10. The second kappa shape index (κ2) is 6.70. The Hall–Kier alpha value is -0.540. The predicted molar refractivity (Wildman–Crippen MR) is 93.6 cm³/mol. The molecule has 110 valence electrons. The third-order valence-electron chi connectivity index (χ3n) is 4.14. The van der Waals surface area contributed by atoms with Crippen LogP contribution in [0.1, 0.15) is 29.4 Å². The van der Waals surface area contributed by atoms with Gasteiger partial charge in [-0.05, 0) is 54.3 Å². The SMILES string of the molecule is Clc1ccc(Br)c(C2CCNCC2c2ccccc2Cl)c1. The summed E-state index contributed by atoms with van der Waals surface area (Å²) in [5.74, 6) is 0.779. The number of hydrogen-bond donors (Lipinski definition) is 1. The van der Waals surface area contributed by atoms with E-state index in [1.165, 1.54) is 11.1 Å². The smallest absolute Gasteiger partial charge is 0.0441 e. The molecule has 0 saturated carbocycles. The Balaban J connectivity index is 2.02. The molecule has 1 heterocycles. The molecule has 1 aliphatic rings. The molecule has 4 heteroatoms. The van der Waals surface area contributed by atoms with Crippen LogP contribution in [0.5, 0.6) is 0 Å². The summed E-state index contributed by atoms with van der Waals surface area (Å²) in [6, 6.07) is 14.2. The molecule has 0 radical (unpaired) electrons. The molecule has 2 aromatic rings. The lowest BCUT2D eigenvalue weighted by molar-refractivity contribution is 0.403. The minimum absolute atomic E-state index is 0.363. The molecular formula is C17H16BrCl2N. The zero-order valence-corrected chi connectivity index (χ0v) is 14.5. The quantitative estimate of drug-likeness (QED) is 0.708. The van der Waals surface area contributed by atoms with Crippen molar-refractivity contribution in [1.29, 1.82) is 0 Å². The lowest BCUT2D eigenvalue weighted by Gasteiger charge is -2.34. The van der Waals surface area contributed by atoms with Gasteiger partial charge in [0.15, 0.2) is 0 Å². The van der Waals surface area contributed by atoms with Gasteiger partial charge in [-0.2, -0.15) is 0 Å². The van der Waals surface area contributed by atoms with E-state index < -0.39 is 0 Å². The molecule has 2 aromatic carbocycles.